The number of hydrogen-bond acceptors (Lipinski definition) is 3. The summed E-state index contributed by atoms with van der Waals surface area (Å²) in [7, 11) is 1.17. The summed E-state index contributed by atoms with van der Waals surface area (Å²) in [5.74, 6) is -1.07. The van der Waals surface area contributed by atoms with Gasteiger partial charge in [-0.25, -0.2) is 0 Å². The molecule has 0 aliphatic rings. The largest absolute Gasteiger partial charge is 0.740 e. The van der Waals surface area contributed by atoms with Crippen LogP contribution < -0.4 is 0 Å². The van der Waals surface area contributed by atoms with Crippen molar-refractivity contribution in [3.05, 3.63) is 5.82 Å². The fourth-order valence-electron chi connectivity index (χ4n) is 0.562. The first-order valence-electron chi connectivity index (χ1n) is 2.56. The van der Waals surface area contributed by atoms with E-state index in [9.17, 15) is 13.2 Å². The smallest absolute Gasteiger partial charge is 0.451 e. The molecule has 0 unspecified atom stereocenters. The summed E-state index contributed by atoms with van der Waals surface area (Å²) in [5, 5.41) is 5.79. The third-order valence-corrected chi connectivity index (χ3v) is 1.44. The van der Waals surface area contributed by atoms with E-state index in [1.165, 1.54) is 7.05 Å². The van der Waals surface area contributed by atoms with Gasteiger partial charge in [0.05, 0.1) is 0 Å². The number of halogens is 3. The second-order valence-electron chi connectivity index (χ2n) is 1.86. The van der Waals surface area contributed by atoms with E-state index in [1.807, 2.05) is 0 Å². The molecule has 0 spiro atoms. The average Bonchev–Trinajstić information content (AvgIpc) is 2.11. The van der Waals surface area contributed by atoms with Gasteiger partial charge in [-0.15, -0.1) is 5.10 Å². The van der Waals surface area contributed by atoms with Crippen molar-refractivity contribution in [2.45, 2.75) is 11.3 Å². The summed E-state index contributed by atoms with van der Waals surface area (Å²) >= 11 is 4.43. The fraction of sp³-hybridized carbons (Fsp3) is 0.500. The zero-order valence-corrected chi connectivity index (χ0v) is 6.20. The molecule has 0 saturated carbocycles. The van der Waals surface area contributed by atoms with Crippen molar-refractivity contribution in [1.82, 2.24) is 14.8 Å². The van der Waals surface area contributed by atoms with Gasteiger partial charge in [0, 0.05) is 12.2 Å². The summed E-state index contributed by atoms with van der Waals surface area (Å²) in [6.45, 7) is 0. The number of nitrogens with zero attached hydrogens (tertiary/aromatic N) is 3. The monoisotopic (exact) mass is 182 g/mol. The molecule has 3 nitrogen and oxygen atoms in total. The molecule has 0 aromatic carbocycles. The number of hydrogen-bond donors (Lipinski definition) is 0. The Morgan fingerprint density at radius 3 is 2.09 bits per heavy atom. The van der Waals surface area contributed by atoms with Crippen LogP contribution in [0.2, 0.25) is 0 Å². The molecule has 0 atom stereocenters. The van der Waals surface area contributed by atoms with Crippen LogP contribution >= 0.6 is 0 Å². The predicted octanol–water partition coefficient (Wildman–Crippen LogP) is 0.740. The normalized spacial score (nSPS) is 12.0. The summed E-state index contributed by atoms with van der Waals surface area (Å²) in [4.78, 5) is 0. The first kappa shape index (κ1) is 8.25. The molecule has 0 aliphatic carbocycles. The molecule has 0 amide bonds. The van der Waals surface area contributed by atoms with Gasteiger partial charge in [-0.3, -0.25) is 0 Å². The highest BCUT2D eigenvalue weighted by Gasteiger charge is 2.36. The quantitative estimate of drug-likeness (QED) is 0.554. The molecule has 0 radical (unpaired) electrons. The van der Waals surface area contributed by atoms with Crippen molar-refractivity contribution in [2.75, 3.05) is 0 Å². The Morgan fingerprint density at radius 1 is 1.36 bits per heavy atom. The molecule has 1 rings (SSSR count). The lowest BCUT2D eigenvalue weighted by Gasteiger charge is -2.07. The minimum absolute atomic E-state index is 0.169. The zero-order chi connectivity index (χ0) is 8.65. The van der Waals surface area contributed by atoms with Gasteiger partial charge in [0.25, 0.3) is 0 Å². The van der Waals surface area contributed by atoms with E-state index in [-0.39, 0.29) is 5.16 Å². The number of rotatable bonds is 0. The van der Waals surface area contributed by atoms with Gasteiger partial charge in [-0.2, -0.15) is 18.3 Å². The minimum Gasteiger partial charge on any atom is -0.740 e. The highest BCUT2D eigenvalue weighted by molar-refractivity contribution is 7.58. The van der Waals surface area contributed by atoms with Crippen LogP contribution in [0.15, 0.2) is 5.16 Å². The maximum absolute atomic E-state index is 11.9. The zero-order valence-electron chi connectivity index (χ0n) is 5.38. The van der Waals surface area contributed by atoms with Crippen LogP contribution in [0.1, 0.15) is 5.82 Å². The minimum atomic E-state index is -4.47. The second kappa shape index (κ2) is 2.33. The summed E-state index contributed by atoms with van der Waals surface area (Å²) in [6.07, 6.45) is -4.47. The van der Waals surface area contributed by atoms with E-state index in [1.54, 1.807) is 0 Å². The third-order valence-electron chi connectivity index (χ3n) is 1.09. The molecule has 1 heterocycles. The molecule has 0 aliphatic heterocycles. The first-order chi connectivity index (χ1) is 4.93. The second-order valence-corrected chi connectivity index (χ2v) is 2.23. The molecule has 1 aromatic heterocycles. The van der Waals surface area contributed by atoms with Crippen molar-refractivity contribution >= 4 is 12.6 Å². The Bertz CT molecular complexity index is 266. The van der Waals surface area contributed by atoms with Crippen LogP contribution in [-0.2, 0) is 25.9 Å². The van der Waals surface area contributed by atoms with Crippen LogP contribution in [-0.4, -0.2) is 14.8 Å². The van der Waals surface area contributed by atoms with Crippen molar-refractivity contribution in [3.63, 3.8) is 0 Å². The number of alkyl halides is 3. The van der Waals surface area contributed by atoms with Crippen LogP contribution in [0.4, 0.5) is 13.2 Å². The van der Waals surface area contributed by atoms with Crippen molar-refractivity contribution in [1.29, 1.82) is 0 Å². The maximum Gasteiger partial charge on any atom is 0.451 e. The molecule has 1 aromatic rings. The molecular formula is C4H3F3N3S-. The lowest BCUT2D eigenvalue weighted by atomic mass is 10.6. The molecule has 7 heteroatoms. The van der Waals surface area contributed by atoms with Crippen molar-refractivity contribution in [2.24, 2.45) is 7.05 Å². The predicted molar refractivity (Wildman–Crippen MR) is 31.6 cm³/mol. The average molecular weight is 182 g/mol. The van der Waals surface area contributed by atoms with E-state index >= 15 is 0 Å². The lowest BCUT2D eigenvalue weighted by Crippen LogP contribution is -2.12. The van der Waals surface area contributed by atoms with E-state index in [4.69, 9.17) is 0 Å². The Kier molecular flexibility index (Phi) is 1.75. The highest BCUT2D eigenvalue weighted by atomic mass is 32.1. The topological polar surface area (TPSA) is 30.7 Å². The molecular weight excluding hydrogens is 179 g/mol. The third kappa shape index (κ3) is 1.42. The van der Waals surface area contributed by atoms with E-state index in [0.717, 1.165) is 4.57 Å². The van der Waals surface area contributed by atoms with Gasteiger partial charge in [0.15, 0.2) is 0 Å². The molecule has 11 heavy (non-hydrogen) atoms. The van der Waals surface area contributed by atoms with Gasteiger partial charge < -0.3 is 17.2 Å². The van der Waals surface area contributed by atoms with Gasteiger partial charge in [0.1, 0.15) is 0 Å². The Labute approximate surface area is 65.6 Å². The SMILES string of the molecule is Cn1c([S-])nnc1C(F)(F)F. The Hall–Kier alpha value is -0.850. The van der Waals surface area contributed by atoms with E-state index < -0.39 is 12.0 Å². The molecule has 0 N–H and O–H groups in total. The fourth-order valence-corrected chi connectivity index (χ4v) is 0.689. The summed E-state index contributed by atoms with van der Waals surface area (Å²) in [6, 6.07) is 0. The molecule has 0 saturated heterocycles. The van der Waals surface area contributed by atoms with Crippen LogP contribution in [0.25, 0.3) is 0 Å². The standard InChI is InChI=1S/C4H4F3N3S/c1-10-2(4(5,6)7)8-9-3(10)11/h1H3,(H,9,11)/p-1. The lowest BCUT2D eigenvalue weighted by molar-refractivity contribution is -0.147. The maximum atomic E-state index is 11.9. The molecule has 62 valence electrons. The van der Waals surface area contributed by atoms with Gasteiger partial charge >= 0.3 is 6.18 Å². The van der Waals surface area contributed by atoms with Crippen LogP contribution in [0.5, 0.6) is 0 Å². The van der Waals surface area contributed by atoms with E-state index in [0.29, 0.717) is 0 Å². The highest BCUT2D eigenvalue weighted by Crippen LogP contribution is 2.27. The Balaban J connectivity index is 3.15. The number of aromatic nitrogens is 3. The van der Waals surface area contributed by atoms with Gasteiger partial charge in [-0.05, 0) is 0 Å². The van der Waals surface area contributed by atoms with Crippen molar-refractivity contribution in [3.8, 4) is 0 Å². The van der Waals surface area contributed by atoms with Crippen LogP contribution in [0, 0.1) is 0 Å². The first-order valence-corrected chi connectivity index (χ1v) is 2.97. The summed E-state index contributed by atoms with van der Waals surface area (Å²) < 4.78 is 36.4. The Morgan fingerprint density at radius 2 is 1.91 bits per heavy atom. The van der Waals surface area contributed by atoms with Gasteiger partial charge in [-0.1, -0.05) is 0 Å². The van der Waals surface area contributed by atoms with E-state index in [2.05, 4.69) is 22.8 Å². The van der Waals surface area contributed by atoms with Crippen molar-refractivity contribution < 1.29 is 13.2 Å². The summed E-state index contributed by atoms with van der Waals surface area (Å²) in [5.41, 5.74) is 0. The van der Waals surface area contributed by atoms with Gasteiger partial charge in [0.2, 0.25) is 5.82 Å². The molecule has 0 fully saturated rings. The van der Waals surface area contributed by atoms with Crippen LogP contribution in [0.3, 0.4) is 0 Å². The molecule has 0 bridgehead atoms.